The summed E-state index contributed by atoms with van der Waals surface area (Å²) < 4.78 is 6.53. The van der Waals surface area contributed by atoms with Gasteiger partial charge in [0.25, 0.3) is 5.91 Å². The number of ether oxygens (including phenoxy) is 1. The van der Waals surface area contributed by atoms with E-state index in [1.54, 1.807) is 19.1 Å². The first-order chi connectivity index (χ1) is 9.56. The Labute approximate surface area is 133 Å². The summed E-state index contributed by atoms with van der Waals surface area (Å²) in [4.78, 5) is 12.1. The zero-order valence-electron chi connectivity index (χ0n) is 11.5. The lowest BCUT2D eigenvalue weighted by Crippen LogP contribution is -2.43. The maximum Gasteiger partial charge on any atom is 0.260 e. The second kappa shape index (κ2) is 7.32. The van der Waals surface area contributed by atoms with E-state index in [9.17, 15) is 4.79 Å². The predicted molar refractivity (Wildman–Crippen MR) is 84.3 cm³/mol. The molecule has 1 unspecified atom stereocenters. The van der Waals surface area contributed by atoms with Gasteiger partial charge in [-0.2, -0.15) is 0 Å². The minimum Gasteiger partial charge on any atom is -0.479 e. The molecule has 0 bridgehead atoms. The molecule has 1 fully saturated rings. The average molecular weight is 361 g/mol. The van der Waals surface area contributed by atoms with Crippen LogP contribution in [0.3, 0.4) is 0 Å². The molecule has 1 aromatic rings. The van der Waals surface area contributed by atoms with Gasteiger partial charge < -0.3 is 10.1 Å². The van der Waals surface area contributed by atoms with Crippen LogP contribution in [0.5, 0.6) is 5.75 Å². The molecule has 1 amide bonds. The molecule has 1 aliphatic rings. The summed E-state index contributed by atoms with van der Waals surface area (Å²) in [6, 6.07) is 5.64. The zero-order valence-corrected chi connectivity index (χ0v) is 13.8. The van der Waals surface area contributed by atoms with E-state index >= 15 is 0 Å². The van der Waals surface area contributed by atoms with Crippen LogP contribution in [0.2, 0.25) is 5.02 Å². The Bertz CT molecular complexity index is 475. The van der Waals surface area contributed by atoms with Crippen LogP contribution in [0.1, 0.15) is 39.0 Å². The molecular formula is C15H19BrClNO2. The Morgan fingerprint density at radius 3 is 2.80 bits per heavy atom. The Morgan fingerprint density at radius 1 is 1.40 bits per heavy atom. The number of nitrogens with one attached hydrogen (secondary N) is 1. The second-order valence-electron chi connectivity index (χ2n) is 5.18. The smallest absolute Gasteiger partial charge is 0.260 e. The normalized spacial score (nSPS) is 17.6. The van der Waals surface area contributed by atoms with Crippen molar-refractivity contribution in [3.8, 4) is 5.75 Å². The third kappa shape index (κ3) is 4.38. The first-order valence-electron chi connectivity index (χ1n) is 6.98. The van der Waals surface area contributed by atoms with Crippen LogP contribution in [0.4, 0.5) is 0 Å². The van der Waals surface area contributed by atoms with E-state index in [1.807, 2.05) is 6.07 Å². The standard InChI is InChI=1S/C15H19BrClNO2/c1-10(15(19)18-12-5-3-2-4-6-12)20-14-9-11(16)7-8-13(14)17/h7-10,12H,2-6H2,1H3,(H,18,19). The lowest BCUT2D eigenvalue weighted by Gasteiger charge is -2.24. The molecule has 0 aromatic heterocycles. The number of amides is 1. The van der Waals surface area contributed by atoms with Gasteiger partial charge in [-0.1, -0.05) is 46.8 Å². The minimum absolute atomic E-state index is 0.0760. The molecule has 3 nitrogen and oxygen atoms in total. The van der Waals surface area contributed by atoms with E-state index in [2.05, 4.69) is 21.2 Å². The Kier molecular flexibility index (Phi) is 5.73. The molecule has 1 aromatic carbocycles. The first kappa shape index (κ1) is 15.6. The van der Waals surface area contributed by atoms with Gasteiger partial charge in [0.1, 0.15) is 5.75 Å². The molecule has 1 aliphatic carbocycles. The number of benzene rings is 1. The highest BCUT2D eigenvalue weighted by molar-refractivity contribution is 9.10. The van der Waals surface area contributed by atoms with Gasteiger partial charge >= 0.3 is 0 Å². The maximum absolute atomic E-state index is 12.1. The van der Waals surface area contributed by atoms with Gasteiger partial charge in [0, 0.05) is 10.5 Å². The summed E-state index contributed by atoms with van der Waals surface area (Å²) in [6.45, 7) is 1.75. The van der Waals surface area contributed by atoms with E-state index in [0.29, 0.717) is 16.8 Å². The lowest BCUT2D eigenvalue weighted by molar-refractivity contribution is -0.128. The summed E-state index contributed by atoms with van der Waals surface area (Å²) in [5, 5.41) is 3.56. The molecule has 1 N–H and O–H groups in total. The number of hydrogen-bond acceptors (Lipinski definition) is 2. The van der Waals surface area contributed by atoms with Crippen LogP contribution in [-0.2, 0) is 4.79 Å². The SMILES string of the molecule is CC(Oc1cc(Br)ccc1Cl)C(=O)NC1CCCCC1. The number of carbonyl (C=O) groups is 1. The fraction of sp³-hybridized carbons (Fsp3) is 0.533. The van der Waals surface area contributed by atoms with Crippen molar-refractivity contribution in [1.82, 2.24) is 5.32 Å². The van der Waals surface area contributed by atoms with Crippen molar-refractivity contribution in [2.24, 2.45) is 0 Å². The molecule has 0 radical (unpaired) electrons. The van der Waals surface area contributed by atoms with E-state index in [1.165, 1.54) is 19.3 Å². The van der Waals surface area contributed by atoms with Crippen molar-refractivity contribution in [2.75, 3.05) is 0 Å². The Balaban J connectivity index is 1.91. The molecular weight excluding hydrogens is 342 g/mol. The molecule has 2 rings (SSSR count). The molecule has 20 heavy (non-hydrogen) atoms. The van der Waals surface area contributed by atoms with E-state index in [0.717, 1.165) is 17.3 Å². The number of hydrogen-bond donors (Lipinski definition) is 1. The number of rotatable bonds is 4. The third-order valence-electron chi connectivity index (χ3n) is 3.52. The van der Waals surface area contributed by atoms with Crippen molar-refractivity contribution in [3.05, 3.63) is 27.7 Å². The van der Waals surface area contributed by atoms with Crippen LogP contribution in [-0.4, -0.2) is 18.1 Å². The molecule has 0 saturated heterocycles. The summed E-state index contributed by atoms with van der Waals surface area (Å²) in [5.74, 6) is 0.445. The molecule has 0 heterocycles. The lowest BCUT2D eigenvalue weighted by atomic mass is 9.95. The van der Waals surface area contributed by atoms with Gasteiger partial charge in [0.2, 0.25) is 0 Å². The summed E-state index contributed by atoms with van der Waals surface area (Å²) in [6.07, 6.45) is 5.23. The highest BCUT2D eigenvalue weighted by atomic mass is 79.9. The van der Waals surface area contributed by atoms with E-state index in [-0.39, 0.29) is 5.91 Å². The van der Waals surface area contributed by atoms with Gasteiger partial charge in [0.05, 0.1) is 5.02 Å². The van der Waals surface area contributed by atoms with Crippen molar-refractivity contribution < 1.29 is 9.53 Å². The van der Waals surface area contributed by atoms with Gasteiger partial charge in [-0.3, -0.25) is 4.79 Å². The van der Waals surface area contributed by atoms with Gasteiger partial charge in [-0.05, 0) is 38.0 Å². The van der Waals surface area contributed by atoms with E-state index < -0.39 is 6.10 Å². The van der Waals surface area contributed by atoms with Crippen molar-refractivity contribution in [2.45, 2.75) is 51.2 Å². The van der Waals surface area contributed by atoms with Gasteiger partial charge in [-0.25, -0.2) is 0 Å². The van der Waals surface area contributed by atoms with Gasteiger partial charge in [0.15, 0.2) is 6.10 Å². The predicted octanol–water partition coefficient (Wildman–Crippen LogP) is 4.32. The summed E-state index contributed by atoms with van der Waals surface area (Å²) in [5.41, 5.74) is 0. The summed E-state index contributed by atoms with van der Waals surface area (Å²) in [7, 11) is 0. The topological polar surface area (TPSA) is 38.3 Å². The Hall–Kier alpha value is -0.740. The third-order valence-corrected chi connectivity index (χ3v) is 4.32. The molecule has 110 valence electrons. The summed E-state index contributed by atoms with van der Waals surface area (Å²) >= 11 is 9.42. The van der Waals surface area contributed by atoms with Crippen LogP contribution >= 0.6 is 27.5 Å². The van der Waals surface area contributed by atoms with Crippen LogP contribution in [0, 0.1) is 0 Å². The zero-order chi connectivity index (χ0) is 14.5. The quantitative estimate of drug-likeness (QED) is 0.868. The fourth-order valence-corrected chi connectivity index (χ4v) is 2.88. The minimum atomic E-state index is -0.552. The largest absolute Gasteiger partial charge is 0.479 e. The highest BCUT2D eigenvalue weighted by Gasteiger charge is 2.21. The molecule has 1 saturated carbocycles. The average Bonchev–Trinajstić information content (AvgIpc) is 2.44. The fourth-order valence-electron chi connectivity index (χ4n) is 2.38. The monoisotopic (exact) mass is 359 g/mol. The number of halogens is 2. The van der Waals surface area contributed by atoms with Crippen LogP contribution in [0.25, 0.3) is 0 Å². The maximum atomic E-state index is 12.1. The second-order valence-corrected chi connectivity index (χ2v) is 6.50. The molecule has 0 spiro atoms. The molecule has 5 heteroatoms. The highest BCUT2D eigenvalue weighted by Crippen LogP contribution is 2.28. The van der Waals surface area contributed by atoms with Gasteiger partial charge in [-0.15, -0.1) is 0 Å². The van der Waals surface area contributed by atoms with Crippen molar-refractivity contribution in [1.29, 1.82) is 0 Å². The molecule has 1 atom stereocenters. The number of carbonyl (C=O) groups excluding carboxylic acids is 1. The van der Waals surface area contributed by atoms with Crippen molar-refractivity contribution >= 4 is 33.4 Å². The molecule has 0 aliphatic heterocycles. The van der Waals surface area contributed by atoms with Crippen LogP contribution in [0.15, 0.2) is 22.7 Å². The van der Waals surface area contributed by atoms with Crippen molar-refractivity contribution in [3.63, 3.8) is 0 Å². The van der Waals surface area contributed by atoms with E-state index in [4.69, 9.17) is 16.3 Å². The Morgan fingerprint density at radius 2 is 2.10 bits per heavy atom. The first-order valence-corrected chi connectivity index (χ1v) is 8.15. The van der Waals surface area contributed by atoms with Crippen LogP contribution < -0.4 is 10.1 Å².